The van der Waals surface area contributed by atoms with Crippen LogP contribution < -0.4 is 5.32 Å². The Balaban J connectivity index is 2.41. The lowest BCUT2D eigenvalue weighted by molar-refractivity contribution is 0.593. The number of rotatable bonds is 6. The van der Waals surface area contributed by atoms with Gasteiger partial charge in [0.25, 0.3) is 0 Å². The predicted octanol–water partition coefficient (Wildman–Crippen LogP) is 5.17. The zero-order valence-electron chi connectivity index (χ0n) is 13.2. The summed E-state index contributed by atoms with van der Waals surface area (Å²) in [4.78, 5) is 6.19. The largest absolute Gasteiger partial charge is 0.304 e. The quantitative estimate of drug-likeness (QED) is 0.762. The van der Waals surface area contributed by atoms with E-state index in [0.717, 1.165) is 23.9 Å². The van der Waals surface area contributed by atoms with Crippen molar-refractivity contribution in [2.75, 3.05) is 6.54 Å². The van der Waals surface area contributed by atoms with Gasteiger partial charge in [0.05, 0.1) is 11.7 Å². The third-order valence-electron chi connectivity index (χ3n) is 3.56. The molecule has 1 aromatic heterocycles. The summed E-state index contributed by atoms with van der Waals surface area (Å²) in [7, 11) is 0. The Hall–Kier alpha value is -0.710. The highest BCUT2D eigenvalue weighted by molar-refractivity contribution is 9.10. The number of aromatic nitrogens is 1. The maximum Gasteiger partial charge on any atom is 0.115 e. The van der Waals surface area contributed by atoms with Crippen molar-refractivity contribution in [3.05, 3.63) is 49.4 Å². The second-order valence-electron chi connectivity index (χ2n) is 5.32. The molecule has 1 heterocycles. The van der Waals surface area contributed by atoms with Crippen LogP contribution in [0.25, 0.3) is 0 Å². The fraction of sp³-hybridized carbons (Fsp3) is 0.471. The number of nitrogens with one attached hydrogen (secondary N) is 1. The lowest BCUT2D eigenvalue weighted by Crippen LogP contribution is -2.23. The third-order valence-corrected chi connectivity index (χ3v) is 5.32. The van der Waals surface area contributed by atoms with Gasteiger partial charge >= 0.3 is 0 Å². The summed E-state index contributed by atoms with van der Waals surface area (Å²) in [6.45, 7) is 9.64. The van der Waals surface area contributed by atoms with Gasteiger partial charge in [-0.25, -0.2) is 4.98 Å². The molecule has 0 radical (unpaired) electrons. The Morgan fingerprint density at radius 2 is 2.05 bits per heavy atom. The number of hydrogen-bond donors (Lipinski definition) is 1. The highest BCUT2D eigenvalue weighted by Gasteiger charge is 2.20. The van der Waals surface area contributed by atoms with Crippen LogP contribution in [-0.2, 0) is 6.42 Å². The van der Waals surface area contributed by atoms with Crippen molar-refractivity contribution in [3.63, 3.8) is 0 Å². The molecule has 1 atom stereocenters. The molecule has 0 amide bonds. The van der Waals surface area contributed by atoms with E-state index >= 15 is 0 Å². The molecule has 21 heavy (non-hydrogen) atoms. The minimum absolute atomic E-state index is 0.170. The number of aryl methyl sites for hydroxylation is 3. The van der Waals surface area contributed by atoms with Crippen LogP contribution in [0.4, 0.5) is 0 Å². The van der Waals surface area contributed by atoms with Gasteiger partial charge in [0, 0.05) is 9.35 Å². The number of halogens is 1. The third kappa shape index (κ3) is 3.93. The first kappa shape index (κ1) is 16.7. The average molecular weight is 367 g/mol. The molecule has 2 nitrogen and oxygen atoms in total. The van der Waals surface area contributed by atoms with Crippen molar-refractivity contribution in [2.24, 2.45) is 0 Å². The first-order valence-corrected chi connectivity index (χ1v) is 9.13. The van der Waals surface area contributed by atoms with E-state index in [1.54, 1.807) is 0 Å². The van der Waals surface area contributed by atoms with Gasteiger partial charge in [0.1, 0.15) is 5.01 Å². The molecule has 0 bridgehead atoms. The summed E-state index contributed by atoms with van der Waals surface area (Å²) in [5.41, 5.74) is 3.76. The fourth-order valence-corrected chi connectivity index (χ4v) is 4.21. The molecule has 0 aliphatic rings. The Kier molecular flexibility index (Phi) is 5.97. The first-order valence-electron chi connectivity index (χ1n) is 7.52. The Morgan fingerprint density at radius 3 is 2.62 bits per heavy atom. The van der Waals surface area contributed by atoms with E-state index in [9.17, 15) is 0 Å². The second kappa shape index (κ2) is 7.52. The number of benzene rings is 1. The summed E-state index contributed by atoms with van der Waals surface area (Å²) in [5.74, 6) is 0. The molecule has 2 rings (SSSR count). The summed E-state index contributed by atoms with van der Waals surface area (Å²) >= 11 is 5.53. The highest BCUT2D eigenvalue weighted by Crippen LogP contribution is 2.33. The van der Waals surface area contributed by atoms with E-state index in [2.05, 4.69) is 67.1 Å². The van der Waals surface area contributed by atoms with Crippen LogP contribution in [0.2, 0.25) is 0 Å². The zero-order valence-corrected chi connectivity index (χ0v) is 15.6. The summed E-state index contributed by atoms with van der Waals surface area (Å²) < 4.78 is 1.15. The van der Waals surface area contributed by atoms with Gasteiger partial charge in [-0.15, -0.1) is 11.3 Å². The lowest BCUT2D eigenvalue weighted by atomic mass is 10.1. The van der Waals surface area contributed by atoms with Gasteiger partial charge in [0.2, 0.25) is 0 Å². The van der Waals surface area contributed by atoms with E-state index in [1.807, 2.05) is 11.3 Å². The van der Waals surface area contributed by atoms with Gasteiger partial charge < -0.3 is 5.32 Å². The molecule has 0 saturated carbocycles. The molecular formula is C17H23BrN2S. The van der Waals surface area contributed by atoms with E-state index in [1.165, 1.54) is 26.7 Å². The predicted molar refractivity (Wildman–Crippen MR) is 95.2 cm³/mol. The average Bonchev–Trinajstić information content (AvgIpc) is 2.82. The van der Waals surface area contributed by atoms with Gasteiger partial charge in [-0.05, 0) is 50.4 Å². The minimum atomic E-state index is 0.170. The number of nitrogens with zero attached hydrogens (tertiary/aromatic N) is 1. The molecule has 4 heteroatoms. The van der Waals surface area contributed by atoms with Crippen molar-refractivity contribution >= 4 is 27.3 Å². The van der Waals surface area contributed by atoms with Gasteiger partial charge in [-0.1, -0.05) is 41.9 Å². The second-order valence-corrected chi connectivity index (χ2v) is 7.41. The molecule has 1 aromatic carbocycles. The van der Waals surface area contributed by atoms with Crippen molar-refractivity contribution in [2.45, 2.75) is 46.6 Å². The van der Waals surface area contributed by atoms with Crippen molar-refractivity contribution in [1.82, 2.24) is 10.3 Å². The lowest BCUT2D eigenvalue weighted by Gasteiger charge is -2.18. The van der Waals surface area contributed by atoms with Crippen LogP contribution in [0.3, 0.4) is 0 Å². The summed E-state index contributed by atoms with van der Waals surface area (Å²) in [5, 5.41) is 4.81. The van der Waals surface area contributed by atoms with Crippen LogP contribution in [0.5, 0.6) is 0 Å². The molecular weight excluding hydrogens is 344 g/mol. The monoisotopic (exact) mass is 366 g/mol. The van der Waals surface area contributed by atoms with Gasteiger partial charge in [-0.2, -0.15) is 0 Å². The zero-order chi connectivity index (χ0) is 15.4. The number of thiazole rings is 1. The Bertz CT molecular complexity index is 607. The van der Waals surface area contributed by atoms with E-state index in [-0.39, 0.29) is 6.04 Å². The molecule has 114 valence electrons. The first-order chi connectivity index (χ1) is 10.1. The Labute approximate surface area is 140 Å². The van der Waals surface area contributed by atoms with Crippen molar-refractivity contribution < 1.29 is 0 Å². The molecule has 0 fully saturated rings. The minimum Gasteiger partial charge on any atom is -0.304 e. The van der Waals surface area contributed by atoms with Crippen molar-refractivity contribution in [3.8, 4) is 0 Å². The van der Waals surface area contributed by atoms with E-state index in [4.69, 9.17) is 4.98 Å². The molecule has 0 spiro atoms. The smallest absolute Gasteiger partial charge is 0.115 e. The SMILES string of the molecule is CCCNC(c1nc(CC)c(C)s1)c1ccc(C)cc1Br. The standard InChI is InChI=1S/C17H23BrN2S/c1-5-9-19-16(13-8-7-11(3)10-14(13)18)17-20-15(6-2)12(4)21-17/h7-8,10,16,19H,5-6,9H2,1-4H3. The Morgan fingerprint density at radius 1 is 1.29 bits per heavy atom. The highest BCUT2D eigenvalue weighted by atomic mass is 79.9. The number of hydrogen-bond acceptors (Lipinski definition) is 3. The maximum absolute atomic E-state index is 4.86. The summed E-state index contributed by atoms with van der Waals surface area (Å²) in [6, 6.07) is 6.72. The topological polar surface area (TPSA) is 24.9 Å². The summed E-state index contributed by atoms with van der Waals surface area (Å²) in [6.07, 6.45) is 2.11. The molecule has 0 saturated heterocycles. The molecule has 1 unspecified atom stereocenters. The maximum atomic E-state index is 4.86. The van der Waals surface area contributed by atoms with Crippen LogP contribution >= 0.6 is 27.3 Å². The van der Waals surface area contributed by atoms with Crippen LogP contribution in [0.15, 0.2) is 22.7 Å². The fourth-order valence-electron chi connectivity index (χ4n) is 2.39. The molecule has 2 aromatic rings. The van der Waals surface area contributed by atoms with E-state index in [0.29, 0.717) is 0 Å². The van der Waals surface area contributed by atoms with E-state index < -0.39 is 0 Å². The van der Waals surface area contributed by atoms with Crippen LogP contribution in [0, 0.1) is 13.8 Å². The van der Waals surface area contributed by atoms with Gasteiger partial charge in [0.15, 0.2) is 0 Å². The molecule has 0 aliphatic heterocycles. The normalized spacial score (nSPS) is 12.6. The van der Waals surface area contributed by atoms with Crippen LogP contribution in [0.1, 0.15) is 53.0 Å². The van der Waals surface area contributed by atoms with Gasteiger partial charge in [-0.3, -0.25) is 0 Å². The molecule has 0 aliphatic carbocycles. The van der Waals surface area contributed by atoms with Crippen LogP contribution in [-0.4, -0.2) is 11.5 Å². The molecule has 1 N–H and O–H groups in total. The van der Waals surface area contributed by atoms with Crippen molar-refractivity contribution in [1.29, 1.82) is 0 Å².